The zero-order chi connectivity index (χ0) is 12.5. The van der Waals surface area contributed by atoms with E-state index in [0.717, 1.165) is 5.56 Å². The number of phosphoric acid groups is 1. The summed E-state index contributed by atoms with van der Waals surface area (Å²) in [5.74, 6) is -0.997. The molecule has 0 aliphatic heterocycles. The van der Waals surface area contributed by atoms with E-state index in [1.165, 1.54) is 0 Å². The van der Waals surface area contributed by atoms with Crippen LogP contribution >= 0.6 is 7.82 Å². The van der Waals surface area contributed by atoms with Gasteiger partial charge in [0.15, 0.2) is 0 Å². The summed E-state index contributed by atoms with van der Waals surface area (Å²) in [6.07, 6.45) is 0. The minimum absolute atomic E-state index is 0. The molecule has 0 aliphatic carbocycles. The minimum Gasteiger partial charge on any atom is -1.00 e. The van der Waals surface area contributed by atoms with Gasteiger partial charge >= 0.3 is 43.3 Å². The fourth-order valence-corrected chi connectivity index (χ4v) is 1.96. The molecule has 0 saturated carbocycles. The van der Waals surface area contributed by atoms with Crippen LogP contribution in [0.4, 0.5) is 0 Å². The summed E-state index contributed by atoms with van der Waals surface area (Å²) in [5.41, 5.74) is 2.45. The van der Waals surface area contributed by atoms with Crippen LogP contribution in [-0.2, 0) is 9.09 Å². The molecule has 0 atom stereocenters. The predicted octanol–water partition coefficient (Wildman–Crippen LogP) is -1.02. The normalized spacial score (nSPS) is 10.6. The molecule has 0 fully saturated rings. The van der Waals surface area contributed by atoms with E-state index in [0.29, 0.717) is 11.1 Å². The summed E-state index contributed by atoms with van der Waals surface area (Å²) in [6.45, 7) is 5.25. The van der Waals surface area contributed by atoms with E-state index in [2.05, 4.69) is 4.52 Å². The maximum absolute atomic E-state index is 11.5. The Kier molecular flexibility index (Phi) is 6.08. The number of rotatable bonds is 2. The Hall–Kier alpha value is -0.160. The molecular formula is C10H14NaO5P. The van der Waals surface area contributed by atoms with Gasteiger partial charge in [0.05, 0.1) is 5.56 Å². The van der Waals surface area contributed by atoms with Gasteiger partial charge in [-0.3, -0.25) is 9.79 Å². The van der Waals surface area contributed by atoms with Crippen LogP contribution < -0.4 is 29.6 Å². The van der Waals surface area contributed by atoms with Crippen molar-refractivity contribution >= 4 is 13.8 Å². The number of benzene rings is 1. The van der Waals surface area contributed by atoms with Crippen LogP contribution in [0.15, 0.2) is 12.1 Å². The number of carbonyl (C=O) groups excluding carboxylic acids is 1. The zero-order valence-corrected chi connectivity index (χ0v) is 13.1. The summed E-state index contributed by atoms with van der Waals surface area (Å²) in [6, 6.07) is 3.51. The molecule has 17 heavy (non-hydrogen) atoms. The Balaban J connectivity index is 0. The molecule has 0 heterocycles. The topological polar surface area (TPSA) is 83.8 Å². The van der Waals surface area contributed by atoms with Crippen molar-refractivity contribution in [3.8, 4) is 0 Å². The summed E-state index contributed by atoms with van der Waals surface area (Å²) < 4.78 is 14.6. The summed E-state index contributed by atoms with van der Waals surface area (Å²) in [5, 5.41) is 0. The maximum Gasteiger partial charge on any atom is 1.00 e. The molecule has 0 amide bonds. The van der Waals surface area contributed by atoms with Crippen LogP contribution in [0.3, 0.4) is 0 Å². The zero-order valence-electron chi connectivity index (χ0n) is 11.2. The van der Waals surface area contributed by atoms with Gasteiger partial charge < -0.3 is 5.95 Å². The summed E-state index contributed by atoms with van der Waals surface area (Å²) >= 11 is 0. The SMILES string of the molecule is Cc1cc(C)c(C(=O)OP(=O)(O)O)c(C)c1.[H-].[Na+]. The summed E-state index contributed by atoms with van der Waals surface area (Å²) in [7, 11) is -4.79. The number of carbonyl (C=O) groups is 1. The van der Waals surface area contributed by atoms with Crippen molar-refractivity contribution in [2.24, 2.45) is 0 Å². The third-order valence-electron chi connectivity index (χ3n) is 2.08. The molecule has 0 unspecified atom stereocenters. The number of hydrogen-bond donors (Lipinski definition) is 2. The molecule has 0 spiro atoms. The molecule has 0 radical (unpaired) electrons. The van der Waals surface area contributed by atoms with Crippen molar-refractivity contribution < 1.29 is 54.7 Å². The first-order valence-corrected chi connectivity index (χ1v) is 6.11. The third kappa shape index (κ3) is 4.92. The number of hydrogen-bond acceptors (Lipinski definition) is 3. The molecule has 90 valence electrons. The first-order chi connectivity index (χ1) is 7.20. The van der Waals surface area contributed by atoms with E-state index in [1.54, 1.807) is 26.0 Å². The van der Waals surface area contributed by atoms with Gasteiger partial charge in [0.2, 0.25) is 0 Å². The van der Waals surface area contributed by atoms with Crippen LogP contribution in [0.1, 0.15) is 28.5 Å². The molecule has 0 aliphatic rings. The van der Waals surface area contributed by atoms with Gasteiger partial charge in [-0.25, -0.2) is 9.36 Å². The smallest absolute Gasteiger partial charge is 1.00 e. The maximum atomic E-state index is 11.5. The van der Waals surface area contributed by atoms with E-state index >= 15 is 0 Å². The molecule has 0 aromatic heterocycles. The molecule has 0 saturated heterocycles. The van der Waals surface area contributed by atoms with Crippen molar-refractivity contribution in [1.82, 2.24) is 0 Å². The molecule has 1 rings (SSSR count). The fraction of sp³-hybridized carbons (Fsp3) is 0.300. The van der Waals surface area contributed by atoms with Gasteiger partial charge in [-0.05, 0) is 31.9 Å². The standard InChI is InChI=1S/C10H13O5P.Na.H/c1-6-4-7(2)9(8(3)5-6)10(11)15-16(12,13)14;;/h4-5H,1-3H3,(H2,12,13,14);;/q;+1;-1. The molecular weight excluding hydrogens is 254 g/mol. The van der Waals surface area contributed by atoms with Crippen LogP contribution in [0.25, 0.3) is 0 Å². The average molecular weight is 268 g/mol. The Bertz CT molecular complexity index is 462. The Morgan fingerprint density at radius 1 is 1.24 bits per heavy atom. The van der Waals surface area contributed by atoms with E-state index in [1.807, 2.05) is 6.92 Å². The van der Waals surface area contributed by atoms with Gasteiger partial charge in [0, 0.05) is 0 Å². The minimum atomic E-state index is -4.79. The first kappa shape index (κ1) is 16.8. The fourth-order valence-electron chi connectivity index (χ4n) is 1.66. The molecule has 2 N–H and O–H groups in total. The molecule has 5 nitrogen and oxygen atoms in total. The van der Waals surface area contributed by atoms with Crippen molar-refractivity contribution in [2.45, 2.75) is 20.8 Å². The van der Waals surface area contributed by atoms with Crippen LogP contribution in [-0.4, -0.2) is 15.8 Å². The van der Waals surface area contributed by atoms with Crippen LogP contribution in [0, 0.1) is 20.8 Å². The van der Waals surface area contributed by atoms with Gasteiger partial charge in [-0.2, -0.15) is 0 Å². The second-order valence-electron chi connectivity index (χ2n) is 3.64. The molecule has 1 aromatic carbocycles. The Morgan fingerprint density at radius 2 is 1.65 bits per heavy atom. The van der Waals surface area contributed by atoms with Crippen LogP contribution in [0.5, 0.6) is 0 Å². The monoisotopic (exact) mass is 268 g/mol. The van der Waals surface area contributed by atoms with Crippen molar-refractivity contribution in [3.05, 3.63) is 34.4 Å². The second kappa shape index (κ2) is 6.14. The van der Waals surface area contributed by atoms with E-state index in [-0.39, 0.29) is 36.5 Å². The molecule has 0 bridgehead atoms. The second-order valence-corrected chi connectivity index (χ2v) is 4.81. The molecule has 1 aromatic rings. The Morgan fingerprint density at radius 3 is 2.00 bits per heavy atom. The van der Waals surface area contributed by atoms with Gasteiger partial charge in [-0.15, -0.1) is 0 Å². The largest absolute Gasteiger partial charge is 1.00 e. The predicted molar refractivity (Wildman–Crippen MR) is 59.2 cm³/mol. The van der Waals surface area contributed by atoms with Crippen molar-refractivity contribution in [1.29, 1.82) is 0 Å². The van der Waals surface area contributed by atoms with Gasteiger partial charge in [-0.1, -0.05) is 17.7 Å². The van der Waals surface area contributed by atoms with Crippen LogP contribution in [0.2, 0.25) is 0 Å². The average Bonchev–Trinajstić information content (AvgIpc) is 1.96. The van der Waals surface area contributed by atoms with Crippen molar-refractivity contribution in [2.75, 3.05) is 0 Å². The first-order valence-electron chi connectivity index (χ1n) is 4.58. The Labute approximate surface area is 123 Å². The third-order valence-corrected chi connectivity index (χ3v) is 2.49. The van der Waals surface area contributed by atoms with E-state index < -0.39 is 13.8 Å². The number of phosphoric ester groups is 1. The van der Waals surface area contributed by atoms with Gasteiger partial charge in [0.1, 0.15) is 0 Å². The van der Waals surface area contributed by atoms with Gasteiger partial charge in [0.25, 0.3) is 0 Å². The van der Waals surface area contributed by atoms with Crippen molar-refractivity contribution in [3.63, 3.8) is 0 Å². The molecule has 7 heteroatoms. The van der Waals surface area contributed by atoms with E-state index in [9.17, 15) is 9.36 Å². The number of aryl methyl sites for hydroxylation is 3. The van der Waals surface area contributed by atoms with E-state index in [4.69, 9.17) is 9.79 Å². The summed E-state index contributed by atoms with van der Waals surface area (Å²) in [4.78, 5) is 28.6. The quantitative estimate of drug-likeness (QED) is 0.530.